The van der Waals surface area contributed by atoms with Gasteiger partial charge in [-0.1, -0.05) is 158 Å². The number of para-hydroxylation sites is 2. The van der Waals surface area contributed by atoms with Gasteiger partial charge < -0.3 is 9.47 Å². The van der Waals surface area contributed by atoms with E-state index < -0.39 is 0 Å². The summed E-state index contributed by atoms with van der Waals surface area (Å²) in [5, 5.41) is 12.8. The summed E-state index contributed by atoms with van der Waals surface area (Å²) in [6, 6.07) is 84.6. The minimum absolute atomic E-state index is 1.11. The van der Waals surface area contributed by atoms with Crippen molar-refractivity contribution in [2.24, 2.45) is 0 Å². The molecule has 0 N–H and O–H groups in total. The average Bonchev–Trinajstić information content (AvgIpc) is 3.91. The molecule has 13 rings (SSSR count). The number of benzene rings is 11. The lowest BCUT2D eigenvalue weighted by Gasteiger charge is -2.26. The average molecular weight is 819 g/mol. The molecular weight excluding hydrogens is 781 g/mol. The second-order valence-corrected chi connectivity index (χ2v) is 17.5. The van der Waals surface area contributed by atoms with Crippen LogP contribution in [0.15, 0.2) is 231 Å². The van der Waals surface area contributed by atoms with Gasteiger partial charge in [0.05, 0.1) is 11.0 Å². The quantitative estimate of drug-likeness (QED) is 0.152. The van der Waals surface area contributed by atoms with E-state index in [-0.39, 0.29) is 0 Å². The summed E-state index contributed by atoms with van der Waals surface area (Å²) >= 11 is 1.88. The van der Waals surface area contributed by atoms with Crippen LogP contribution in [-0.4, -0.2) is 4.57 Å². The van der Waals surface area contributed by atoms with Crippen molar-refractivity contribution in [3.05, 3.63) is 231 Å². The summed E-state index contributed by atoms with van der Waals surface area (Å²) in [6.07, 6.45) is 0. The normalized spacial score (nSPS) is 11.8. The molecule has 0 fully saturated rings. The molecule has 2 aromatic heterocycles. The Bertz CT molecular complexity index is 3860. The van der Waals surface area contributed by atoms with Crippen LogP contribution in [-0.2, 0) is 0 Å². The monoisotopic (exact) mass is 818 g/mol. The summed E-state index contributed by atoms with van der Waals surface area (Å²) < 4.78 is 5.10. The molecule has 0 unspecified atom stereocenters. The first-order valence-corrected chi connectivity index (χ1v) is 22.4. The van der Waals surface area contributed by atoms with Crippen molar-refractivity contribution < 1.29 is 0 Å². The minimum Gasteiger partial charge on any atom is -0.311 e. The van der Waals surface area contributed by atoms with Gasteiger partial charge >= 0.3 is 0 Å². The number of fused-ring (bicyclic) bond motifs is 12. The van der Waals surface area contributed by atoms with E-state index in [4.69, 9.17) is 0 Å². The zero-order valence-electron chi connectivity index (χ0n) is 34.2. The van der Waals surface area contributed by atoms with Crippen LogP contribution in [0.4, 0.5) is 17.1 Å². The maximum Gasteiger partial charge on any atom is 0.0541 e. The van der Waals surface area contributed by atoms with Crippen LogP contribution < -0.4 is 4.90 Å². The van der Waals surface area contributed by atoms with Crippen molar-refractivity contribution in [2.75, 3.05) is 4.90 Å². The molecule has 2 nitrogen and oxygen atoms in total. The Hall–Kier alpha value is -7.98. The molecule has 0 atom stereocenters. The number of aromatic nitrogens is 1. The molecule has 11 aromatic carbocycles. The zero-order chi connectivity index (χ0) is 41.4. The lowest BCUT2D eigenvalue weighted by molar-refractivity contribution is 1.19. The molecule has 0 aliphatic rings. The van der Waals surface area contributed by atoms with Gasteiger partial charge in [0.1, 0.15) is 0 Å². The molecular formula is C60H38N2S. The second kappa shape index (κ2) is 14.3. The van der Waals surface area contributed by atoms with Crippen molar-refractivity contribution >= 4 is 103 Å². The molecule has 0 saturated heterocycles. The Labute approximate surface area is 368 Å². The summed E-state index contributed by atoms with van der Waals surface area (Å²) in [7, 11) is 0. The van der Waals surface area contributed by atoms with Crippen LogP contribution in [0.1, 0.15) is 0 Å². The smallest absolute Gasteiger partial charge is 0.0541 e. The van der Waals surface area contributed by atoms with E-state index in [0.717, 1.165) is 22.7 Å². The predicted octanol–water partition coefficient (Wildman–Crippen LogP) is 17.4. The molecule has 0 radical (unpaired) electrons. The molecule has 0 amide bonds. The number of hydrogen-bond acceptors (Lipinski definition) is 2. The van der Waals surface area contributed by atoms with Crippen LogP contribution in [0.2, 0.25) is 0 Å². The fraction of sp³-hybridized carbons (Fsp3) is 0. The summed E-state index contributed by atoms with van der Waals surface area (Å²) in [5.41, 5.74) is 11.8. The van der Waals surface area contributed by atoms with E-state index in [1.807, 2.05) is 11.3 Å². The van der Waals surface area contributed by atoms with Gasteiger partial charge in [-0.2, -0.15) is 0 Å². The van der Waals surface area contributed by atoms with E-state index >= 15 is 0 Å². The van der Waals surface area contributed by atoms with Gasteiger partial charge in [0, 0.05) is 53.7 Å². The molecule has 2 heterocycles. The van der Waals surface area contributed by atoms with Crippen LogP contribution in [0.5, 0.6) is 0 Å². The Morgan fingerprint density at radius 1 is 0.302 bits per heavy atom. The molecule has 0 bridgehead atoms. The van der Waals surface area contributed by atoms with Crippen LogP contribution in [0.25, 0.3) is 102 Å². The van der Waals surface area contributed by atoms with E-state index in [0.29, 0.717) is 0 Å². The van der Waals surface area contributed by atoms with Crippen molar-refractivity contribution in [3.8, 4) is 27.9 Å². The minimum atomic E-state index is 1.11. The van der Waals surface area contributed by atoms with Crippen LogP contribution in [0, 0.1) is 0 Å². The van der Waals surface area contributed by atoms with Crippen molar-refractivity contribution in [2.45, 2.75) is 0 Å². The van der Waals surface area contributed by atoms with E-state index in [1.54, 1.807) is 0 Å². The van der Waals surface area contributed by atoms with Crippen LogP contribution in [0.3, 0.4) is 0 Å². The van der Waals surface area contributed by atoms with Gasteiger partial charge in [-0.25, -0.2) is 0 Å². The molecule has 0 saturated carbocycles. The third-order valence-corrected chi connectivity index (χ3v) is 14.2. The highest BCUT2D eigenvalue weighted by atomic mass is 32.1. The molecule has 0 aliphatic heterocycles. The fourth-order valence-electron chi connectivity index (χ4n) is 10.1. The molecule has 0 aliphatic carbocycles. The second-order valence-electron chi connectivity index (χ2n) is 16.5. The SMILES string of the molecule is c1ccc(N(c2ccc(-c3ccc4c(c3)c3ccccc3n4-c3ccc4c5ccccc5c5ccccc5c4c3)cc2)c2ccc(-c3cccc4c3sc3ccccc34)cc2)cc1. The Balaban J connectivity index is 0.878. The van der Waals surface area contributed by atoms with Crippen molar-refractivity contribution in [1.29, 1.82) is 0 Å². The molecule has 63 heavy (non-hydrogen) atoms. The Morgan fingerprint density at radius 2 is 0.825 bits per heavy atom. The first-order chi connectivity index (χ1) is 31.2. The summed E-state index contributed by atoms with van der Waals surface area (Å²) in [4.78, 5) is 2.35. The Kier molecular flexibility index (Phi) is 8.12. The van der Waals surface area contributed by atoms with Gasteiger partial charge in [0.15, 0.2) is 0 Å². The van der Waals surface area contributed by atoms with Crippen molar-refractivity contribution in [3.63, 3.8) is 0 Å². The summed E-state index contributed by atoms with van der Waals surface area (Å²) in [6.45, 7) is 0. The van der Waals surface area contributed by atoms with E-state index in [2.05, 4.69) is 240 Å². The third-order valence-electron chi connectivity index (χ3n) is 13.0. The standard InChI is InChI=1S/C60H38N2S/c1-2-13-42(14-3-1)61(44-32-27-40(28-33-44)46-21-12-22-54-53-20-9-11-24-59(53)63-60(46)54)43-30-25-39(26-31-43)41-29-36-58-56(37-41)52-19-8-10-23-57(52)62(58)45-34-35-51-49-17-5-4-15-47(49)48-16-6-7-18-50(48)55(51)38-45/h1-38H. The maximum absolute atomic E-state index is 2.44. The number of nitrogens with zero attached hydrogens (tertiary/aromatic N) is 2. The number of hydrogen-bond donors (Lipinski definition) is 0. The van der Waals surface area contributed by atoms with Gasteiger partial charge in [0.2, 0.25) is 0 Å². The molecule has 0 spiro atoms. The number of anilines is 3. The molecule has 13 aromatic rings. The number of thiophene rings is 1. The van der Waals surface area contributed by atoms with Gasteiger partial charge in [-0.05, 0) is 127 Å². The maximum atomic E-state index is 2.44. The number of rotatable bonds is 6. The highest BCUT2D eigenvalue weighted by Gasteiger charge is 2.18. The largest absolute Gasteiger partial charge is 0.311 e. The molecule has 3 heteroatoms. The zero-order valence-corrected chi connectivity index (χ0v) is 35.1. The van der Waals surface area contributed by atoms with Gasteiger partial charge in [-0.3, -0.25) is 0 Å². The highest BCUT2D eigenvalue weighted by Crippen LogP contribution is 2.43. The highest BCUT2D eigenvalue weighted by molar-refractivity contribution is 7.26. The van der Waals surface area contributed by atoms with Crippen LogP contribution >= 0.6 is 11.3 Å². The first kappa shape index (κ1) is 35.7. The lowest BCUT2D eigenvalue weighted by Crippen LogP contribution is -2.09. The van der Waals surface area contributed by atoms with Gasteiger partial charge in [-0.15, -0.1) is 11.3 Å². The Morgan fingerprint density at radius 3 is 1.54 bits per heavy atom. The predicted molar refractivity (Wildman–Crippen MR) is 272 cm³/mol. The van der Waals surface area contributed by atoms with E-state index in [1.165, 1.54) is 96.5 Å². The first-order valence-electron chi connectivity index (χ1n) is 21.6. The molecule has 294 valence electrons. The van der Waals surface area contributed by atoms with Crippen molar-refractivity contribution in [1.82, 2.24) is 4.57 Å². The van der Waals surface area contributed by atoms with E-state index in [9.17, 15) is 0 Å². The summed E-state index contributed by atoms with van der Waals surface area (Å²) in [5.74, 6) is 0. The lowest BCUT2D eigenvalue weighted by atomic mass is 9.94. The third kappa shape index (κ3) is 5.71. The topological polar surface area (TPSA) is 8.17 Å². The van der Waals surface area contributed by atoms with Gasteiger partial charge in [0.25, 0.3) is 0 Å². The fourth-order valence-corrected chi connectivity index (χ4v) is 11.3.